The van der Waals surface area contributed by atoms with Crippen LogP contribution in [0.4, 0.5) is 4.79 Å². The molecule has 1 saturated carbocycles. The predicted octanol–water partition coefficient (Wildman–Crippen LogP) is 2.66. The number of hydrogen-bond acceptors (Lipinski definition) is 5. The van der Waals surface area contributed by atoms with Gasteiger partial charge in [0.1, 0.15) is 11.6 Å². The highest BCUT2D eigenvalue weighted by molar-refractivity contribution is 5.76. The fraction of sp³-hybridized carbons (Fsp3) is 0.895. The van der Waals surface area contributed by atoms with Crippen LogP contribution in [0.3, 0.4) is 0 Å². The van der Waals surface area contributed by atoms with Gasteiger partial charge in [-0.05, 0) is 65.2 Å². The van der Waals surface area contributed by atoms with Crippen molar-refractivity contribution in [1.82, 2.24) is 9.80 Å². The molecule has 25 heavy (non-hydrogen) atoms. The topological polar surface area (TPSA) is 59.1 Å². The SMILES string of the molecule is COC(=O)[C@@H]1CC[C@@H](C)N1C1C[C@@H]2CN(C(=O)OC(C)(C)C)C[C@@H]2C1. The number of esters is 1. The van der Waals surface area contributed by atoms with Crippen LogP contribution in [0.2, 0.25) is 0 Å². The average Bonchev–Trinajstić information content (AvgIpc) is 3.16. The fourth-order valence-electron chi connectivity index (χ4n) is 4.98. The highest BCUT2D eigenvalue weighted by atomic mass is 16.6. The monoisotopic (exact) mass is 352 g/mol. The molecule has 1 amide bonds. The van der Waals surface area contributed by atoms with Crippen molar-refractivity contribution in [3.8, 4) is 0 Å². The fourth-order valence-corrected chi connectivity index (χ4v) is 4.98. The summed E-state index contributed by atoms with van der Waals surface area (Å²) in [5.41, 5.74) is -0.448. The van der Waals surface area contributed by atoms with E-state index in [2.05, 4.69) is 11.8 Å². The van der Waals surface area contributed by atoms with Crippen molar-refractivity contribution < 1.29 is 19.1 Å². The number of fused-ring (bicyclic) bond motifs is 1. The molecule has 2 heterocycles. The minimum absolute atomic E-state index is 0.0919. The summed E-state index contributed by atoms with van der Waals surface area (Å²) in [6.45, 7) is 9.48. The number of carbonyl (C=O) groups is 2. The maximum absolute atomic E-state index is 12.3. The zero-order valence-corrected chi connectivity index (χ0v) is 16.2. The van der Waals surface area contributed by atoms with Crippen LogP contribution < -0.4 is 0 Å². The van der Waals surface area contributed by atoms with Gasteiger partial charge in [0.15, 0.2) is 0 Å². The Balaban J connectivity index is 1.59. The van der Waals surface area contributed by atoms with Gasteiger partial charge in [0.05, 0.1) is 7.11 Å². The summed E-state index contributed by atoms with van der Waals surface area (Å²) < 4.78 is 10.5. The lowest BCUT2D eigenvalue weighted by atomic mass is 10.0. The van der Waals surface area contributed by atoms with Crippen molar-refractivity contribution in [3.05, 3.63) is 0 Å². The Morgan fingerprint density at radius 1 is 1.04 bits per heavy atom. The van der Waals surface area contributed by atoms with Crippen molar-refractivity contribution >= 4 is 12.1 Å². The molecule has 0 N–H and O–H groups in total. The van der Waals surface area contributed by atoms with Gasteiger partial charge >= 0.3 is 12.1 Å². The molecule has 5 atom stereocenters. The number of rotatable bonds is 2. The molecule has 0 aromatic rings. The van der Waals surface area contributed by atoms with Gasteiger partial charge in [-0.15, -0.1) is 0 Å². The summed E-state index contributed by atoms with van der Waals surface area (Å²) in [7, 11) is 1.48. The van der Waals surface area contributed by atoms with E-state index in [1.54, 1.807) is 0 Å². The van der Waals surface area contributed by atoms with Crippen molar-refractivity contribution in [2.75, 3.05) is 20.2 Å². The van der Waals surface area contributed by atoms with Gasteiger partial charge < -0.3 is 14.4 Å². The van der Waals surface area contributed by atoms with Crippen LogP contribution >= 0.6 is 0 Å². The van der Waals surface area contributed by atoms with Gasteiger partial charge in [0.2, 0.25) is 0 Å². The summed E-state index contributed by atoms with van der Waals surface area (Å²) in [5.74, 6) is 0.934. The molecule has 6 nitrogen and oxygen atoms in total. The molecular weight excluding hydrogens is 320 g/mol. The predicted molar refractivity (Wildman–Crippen MR) is 94.1 cm³/mol. The second kappa shape index (κ2) is 6.78. The molecule has 3 aliphatic rings. The minimum Gasteiger partial charge on any atom is -0.468 e. The molecule has 142 valence electrons. The highest BCUT2D eigenvalue weighted by Crippen LogP contribution is 2.43. The lowest BCUT2D eigenvalue weighted by Crippen LogP contribution is -2.46. The van der Waals surface area contributed by atoms with E-state index in [0.717, 1.165) is 38.8 Å². The van der Waals surface area contributed by atoms with Crippen LogP contribution in [0.15, 0.2) is 0 Å². The number of carbonyl (C=O) groups excluding carboxylic acids is 2. The molecule has 3 fully saturated rings. The number of amides is 1. The first kappa shape index (κ1) is 18.5. The first-order valence-corrected chi connectivity index (χ1v) is 9.52. The largest absolute Gasteiger partial charge is 0.468 e. The van der Waals surface area contributed by atoms with Crippen LogP contribution in [0.1, 0.15) is 53.4 Å². The maximum Gasteiger partial charge on any atom is 0.410 e. The zero-order chi connectivity index (χ0) is 18.4. The van der Waals surface area contributed by atoms with Crippen LogP contribution in [0.25, 0.3) is 0 Å². The first-order valence-electron chi connectivity index (χ1n) is 9.52. The normalized spacial score (nSPS) is 35.7. The van der Waals surface area contributed by atoms with E-state index < -0.39 is 5.60 Å². The smallest absolute Gasteiger partial charge is 0.410 e. The summed E-state index contributed by atoms with van der Waals surface area (Å²) in [6.07, 6.45) is 3.86. The minimum atomic E-state index is -0.448. The molecular formula is C19H32N2O4. The van der Waals surface area contributed by atoms with Crippen molar-refractivity contribution in [2.45, 2.75) is 77.1 Å². The standard InChI is InChI=1S/C19H32N2O4/c1-12-6-7-16(17(22)24-5)21(12)15-8-13-10-20(11-14(13)9-15)18(23)25-19(2,3)4/h12-16H,6-11H2,1-5H3/t12-,13-,14+,15?,16+/m1/s1. The summed E-state index contributed by atoms with van der Waals surface area (Å²) >= 11 is 0. The lowest BCUT2D eigenvalue weighted by Gasteiger charge is -2.33. The van der Waals surface area contributed by atoms with Gasteiger partial charge in [-0.2, -0.15) is 0 Å². The van der Waals surface area contributed by atoms with Crippen molar-refractivity contribution in [1.29, 1.82) is 0 Å². The van der Waals surface area contributed by atoms with Gasteiger partial charge in [0.25, 0.3) is 0 Å². The van der Waals surface area contributed by atoms with Gasteiger partial charge in [-0.25, -0.2) is 4.79 Å². The molecule has 0 aromatic heterocycles. The number of hydrogen-bond donors (Lipinski definition) is 0. The Morgan fingerprint density at radius 3 is 2.16 bits per heavy atom. The highest BCUT2D eigenvalue weighted by Gasteiger charge is 2.49. The van der Waals surface area contributed by atoms with Crippen LogP contribution in [-0.4, -0.2) is 65.8 Å². The van der Waals surface area contributed by atoms with E-state index in [1.165, 1.54) is 7.11 Å². The summed E-state index contributed by atoms with van der Waals surface area (Å²) in [6, 6.07) is 0.762. The maximum atomic E-state index is 12.3. The molecule has 0 radical (unpaired) electrons. The number of nitrogens with zero attached hydrogens (tertiary/aromatic N) is 2. The molecule has 6 heteroatoms. The van der Waals surface area contributed by atoms with Crippen LogP contribution in [-0.2, 0) is 14.3 Å². The van der Waals surface area contributed by atoms with E-state index in [4.69, 9.17) is 9.47 Å². The van der Waals surface area contributed by atoms with Crippen LogP contribution in [0.5, 0.6) is 0 Å². The van der Waals surface area contributed by atoms with E-state index in [9.17, 15) is 9.59 Å². The molecule has 3 rings (SSSR count). The third-order valence-electron chi connectivity index (χ3n) is 6.00. The molecule has 1 aliphatic carbocycles. The molecule has 0 aromatic carbocycles. The average molecular weight is 352 g/mol. The van der Waals surface area contributed by atoms with Gasteiger partial charge in [-0.3, -0.25) is 9.69 Å². The second-order valence-corrected chi connectivity index (χ2v) is 8.94. The van der Waals surface area contributed by atoms with Crippen LogP contribution in [0, 0.1) is 11.8 Å². The Hall–Kier alpha value is -1.30. The summed E-state index contributed by atoms with van der Waals surface area (Å²) in [4.78, 5) is 28.7. The number of likely N-dealkylation sites (tertiary alicyclic amines) is 2. The third kappa shape index (κ3) is 3.78. The lowest BCUT2D eigenvalue weighted by molar-refractivity contribution is -0.147. The third-order valence-corrected chi connectivity index (χ3v) is 6.00. The molecule has 1 unspecified atom stereocenters. The number of ether oxygens (including phenoxy) is 2. The van der Waals surface area contributed by atoms with E-state index in [1.807, 2.05) is 25.7 Å². The van der Waals surface area contributed by atoms with E-state index in [-0.39, 0.29) is 18.1 Å². The molecule has 2 aliphatic heterocycles. The van der Waals surface area contributed by atoms with Gasteiger partial charge in [0, 0.05) is 25.2 Å². The first-order chi connectivity index (χ1) is 11.7. The molecule has 2 saturated heterocycles. The Bertz CT molecular complexity index is 516. The summed E-state index contributed by atoms with van der Waals surface area (Å²) in [5, 5.41) is 0. The van der Waals surface area contributed by atoms with Crippen molar-refractivity contribution in [3.63, 3.8) is 0 Å². The van der Waals surface area contributed by atoms with E-state index in [0.29, 0.717) is 23.9 Å². The van der Waals surface area contributed by atoms with Crippen molar-refractivity contribution in [2.24, 2.45) is 11.8 Å². The second-order valence-electron chi connectivity index (χ2n) is 8.94. The zero-order valence-electron chi connectivity index (χ0n) is 16.2. The number of methoxy groups -OCH3 is 1. The Morgan fingerprint density at radius 2 is 1.64 bits per heavy atom. The molecule has 0 spiro atoms. The van der Waals surface area contributed by atoms with E-state index >= 15 is 0 Å². The quantitative estimate of drug-likeness (QED) is 0.715. The molecule has 0 bridgehead atoms. The Labute approximate surface area is 150 Å². The van der Waals surface area contributed by atoms with Gasteiger partial charge in [-0.1, -0.05) is 0 Å². The Kier molecular flexibility index (Phi) is 5.02.